The molecule has 0 aliphatic rings. The van der Waals surface area contributed by atoms with Crippen LogP contribution in [0.1, 0.15) is 33.3 Å². The quantitative estimate of drug-likeness (QED) is 0.666. The maximum absolute atomic E-state index is 12.1. The second kappa shape index (κ2) is 11.4. The van der Waals surface area contributed by atoms with Crippen molar-refractivity contribution in [2.24, 2.45) is 5.92 Å². The summed E-state index contributed by atoms with van der Waals surface area (Å²) in [6.45, 7) is 10.4. The van der Waals surface area contributed by atoms with Crippen molar-refractivity contribution in [2.45, 2.75) is 34.2 Å². The van der Waals surface area contributed by atoms with Crippen molar-refractivity contribution in [1.29, 1.82) is 0 Å². The summed E-state index contributed by atoms with van der Waals surface area (Å²) in [4.78, 5) is 25.7. The molecule has 3 amide bonds. The zero-order chi connectivity index (χ0) is 19.5. The number of carbonyl (C=O) groups is 2. The highest BCUT2D eigenvalue weighted by Crippen LogP contribution is 2.28. The van der Waals surface area contributed by atoms with Crippen LogP contribution in [0.2, 0.25) is 0 Å². The van der Waals surface area contributed by atoms with Gasteiger partial charge in [0.25, 0.3) is 0 Å². The molecule has 0 aliphatic heterocycles. The van der Waals surface area contributed by atoms with E-state index in [2.05, 4.69) is 10.6 Å². The zero-order valence-corrected chi connectivity index (χ0v) is 16.4. The molecular weight excluding hydrogens is 334 g/mol. The fraction of sp³-hybridized carbons (Fsp3) is 0.579. The van der Waals surface area contributed by atoms with Crippen LogP contribution in [0.3, 0.4) is 0 Å². The van der Waals surface area contributed by atoms with Crippen LogP contribution in [0.4, 0.5) is 4.79 Å². The summed E-state index contributed by atoms with van der Waals surface area (Å²) in [7, 11) is 1.60. The first-order valence-electron chi connectivity index (χ1n) is 8.99. The van der Waals surface area contributed by atoms with Gasteiger partial charge >= 0.3 is 6.03 Å². The highest BCUT2D eigenvalue weighted by molar-refractivity contribution is 5.95. The topological polar surface area (TPSA) is 79.9 Å². The maximum atomic E-state index is 12.1. The summed E-state index contributed by atoms with van der Waals surface area (Å²) >= 11 is 0. The summed E-state index contributed by atoms with van der Waals surface area (Å²) in [5.74, 6) is 1.36. The number of nitrogens with one attached hydrogen (secondary N) is 2. The number of likely N-dealkylation sites (N-methyl/N-ethyl adjacent to an activating group) is 1. The number of ether oxygens (including phenoxy) is 2. The molecule has 1 rings (SSSR count). The van der Waals surface area contributed by atoms with Crippen molar-refractivity contribution in [2.75, 3.05) is 33.4 Å². The van der Waals surface area contributed by atoms with Crippen molar-refractivity contribution >= 4 is 11.9 Å². The average molecular weight is 365 g/mol. The third kappa shape index (κ3) is 7.74. The lowest BCUT2D eigenvalue weighted by molar-refractivity contribution is -0.121. The molecule has 1 aromatic rings. The zero-order valence-electron chi connectivity index (χ0n) is 16.4. The number of imide groups is 1. The Morgan fingerprint density at radius 2 is 1.92 bits per heavy atom. The SMILES string of the molecule is CCOc1ccc(CN(CC)CC(=O)NC(=O)NCC(C)C)cc1OC. The molecule has 0 aromatic heterocycles. The molecule has 1 aromatic carbocycles. The first-order chi connectivity index (χ1) is 12.4. The van der Waals surface area contributed by atoms with E-state index < -0.39 is 6.03 Å². The largest absolute Gasteiger partial charge is 0.493 e. The van der Waals surface area contributed by atoms with E-state index in [4.69, 9.17) is 9.47 Å². The average Bonchev–Trinajstić information content (AvgIpc) is 2.60. The van der Waals surface area contributed by atoms with Crippen LogP contribution in [0, 0.1) is 5.92 Å². The predicted octanol–water partition coefficient (Wildman–Crippen LogP) is 2.40. The summed E-state index contributed by atoms with van der Waals surface area (Å²) in [6, 6.07) is 5.26. The highest BCUT2D eigenvalue weighted by atomic mass is 16.5. The molecule has 0 radical (unpaired) electrons. The Morgan fingerprint density at radius 3 is 2.50 bits per heavy atom. The predicted molar refractivity (Wildman–Crippen MR) is 101 cm³/mol. The van der Waals surface area contributed by atoms with Gasteiger partial charge < -0.3 is 14.8 Å². The van der Waals surface area contributed by atoms with Gasteiger partial charge in [-0.05, 0) is 37.1 Å². The first kappa shape index (κ1) is 21.8. The van der Waals surface area contributed by atoms with Crippen molar-refractivity contribution in [3.63, 3.8) is 0 Å². The number of amides is 3. The van der Waals surface area contributed by atoms with Crippen LogP contribution in [0.15, 0.2) is 18.2 Å². The number of nitrogens with zero attached hydrogens (tertiary/aromatic N) is 1. The lowest BCUT2D eigenvalue weighted by Gasteiger charge is -2.20. The normalized spacial score (nSPS) is 10.7. The van der Waals surface area contributed by atoms with Crippen LogP contribution in [0.25, 0.3) is 0 Å². The fourth-order valence-corrected chi connectivity index (χ4v) is 2.33. The van der Waals surface area contributed by atoms with Crippen LogP contribution in [0.5, 0.6) is 11.5 Å². The molecule has 0 saturated heterocycles. The Hall–Kier alpha value is -2.28. The Balaban J connectivity index is 2.61. The molecule has 0 unspecified atom stereocenters. The molecule has 7 heteroatoms. The molecule has 0 heterocycles. The molecule has 0 spiro atoms. The third-order valence-electron chi connectivity index (χ3n) is 3.67. The number of methoxy groups -OCH3 is 1. The Morgan fingerprint density at radius 1 is 1.19 bits per heavy atom. The Kier molecular flexibility index (Phi) is 9.51. The van der Waals surface area contributed by atoms with Crippen LogP contribution in [-0.2, 0) is 11.3 Å². The van der Waals surface area contributed by atoms with Gasteiger partial charge in [0, 0.05) is 13.1 Å². The van der Waals surface area contributed by atoms with E-state index in [1.807, 2.05) is 50.8 Å². The lowest BCUT2D eigenvalue weighted by Crippen LogP contribution is -2.45. The summed E-state index contributed by atoms with van der Waals surface area (Å²) in [5.41, 5.74) is 1.00. The van der Waals surface area contributed by atoms with E-state index in [0.717, 1.165) is 5.56 Å². The van der Waals surface area contributed by atoms with Crippen LogP contribution < -0.4 is 20.1 Å². The molecule has 146 valence electrons. The molecule has 0 atom stereocenters. The minimum absolute atomic E-state index is 0.140. The lowest BCUT2D eigenvalue weighted by atomic mass is 10.2. The number of carbonyl (C=O) groups excluding carboxylic acids is 2. The number of benzene rings is 1. The fourth-order valence-electron chi connectivity index (χ4n) is 2.33. The smallest absolute Gasteiger partial charge is 0.321 e. The van der Waals surface area contributed by atoms with Gasteiger partial charge in [-0.3, -0.25) is 15.0 Å². The monoisotopic (exact) mass is 365 g/mol. The van der Waals surface area contributed by atoms with Crippen LogP contribution in [-0.4, -0.2) is 50.2 Å². The van der Waals surface area contributed by atoms with E-state index in [9.17, 15) is 9.59 Å². The van der Waals surface area contributed by atoms with Gasteiger partial charge in [-0.1, -0.05) is 26.8 Å². The molecular formula is C19H31N3O4. The van der Waals surface area contributed by atoms with Gasteiger partial charge in [-0.25, -0.2) is 4.79 Å². The van der Waals surface area contributed by atoms with Crippen LogP contribution >= 0.6 is 0 Å². The summed E-state index contributed by atoms with van der Waals surface area (Å²) in [6.07, 6.45) is 0. The van der Waals surface area contributed by atoms with Gasteiger partial charge in [0.1, 0.15) is 0 Å². The Bertz CT molecular complexity index is 590. The van der Waals surface area contributed by atoms with E-state index >= 15 is 0 Å². The standard InChI is InChI=1S/C19H31N3O4/c1-6-22(13-18(23)21-19(24)20-11-14(3)4)12-15-8-9-16(26-7-2)17(10-15)25-5/h8-10,14H,6-7,11-13H2,1-5H3,(H2,20,21,23,24). The number of urea groups is 1. The van der Waals surface area contributed by atoms with E-state index in [0.29, 0.717) is 43.7 Å². The van der Waals surface area contributed by atoms with Crippen molar-refractivity contribution in [3.05, 3.63) is 23.8 Å². The molecule has 26 heavy (non-hydrogen) atoms. The van der Waals surface area contributed by atoms with E-state index in [1.54, 1.807) is 7.11 Å². The van der Waals surface area contributed by atoms with Gasteiger partial charge in [0.15, 0.2) is 11.5 Å². The van der Waals surface area contributed by atoms with Gasteiger partial charge in [0.05, 0.1) is 20.3 Å². The second-order valence-electron chi connectivity index (χ2n) is 6.37. The molecule has 2 N–H and O–H groups in total. The van der Waals surface area contributed by atoms with Gasteiger partial charge in [-0.15, -0.1) is 0 Å². The molecule has 7 nitrogen and oxygen atoms in total. The molecule has 0 aliphatic carbocycles. The van der Waals surface area contributed by atoms with Crippen molar-refractivity contribution in [1.82, 2.24) is 15.5 Å². The highest BCUT2D eigenvalue weighted by Gasteiger charge is 2.14. The number of hydrogen-bond acceptors (Lipinski definition) is 5. The third-order valence-corrected chi connectivity index (χ3v) is 3.67. The Labute approximate surface area is 156 Å². The second-order valence-corrected chi connectivity index (χ2v) is 6.37. The van der Waals surface area contributed by atoms with Gasteiger partial charge in [0.2, 0.25) is 5.91 Å². The summed E-state index contributed by atoms with van der Waals surface area (Å²) < 4.78 is 10.9. The first-order valence-corrected chi connectivity index (χ1v) is 8.99. The molecule has 0 saturated carbocycles. The van der Waals surface area contributed by atoms with Gasteiger partial charge in [-0.2, -0.15) is 0 Å². The minimum Gasteiger partial charge on any atom is -0.493 e. The molecule has 0 bridgehead atoms. The summed E-state index contributed by atoms with van der Waals surface area (Å²) in [5, 5.41) is 5.03. The molecule has 0 fully saturated rings. The number of hydrogen-bond donors (Lipinski definition) is 2. The maximum Gasteiger partial charge on any atom is 0.321 e. The minimum atomic E-state index is -0.456. The number of rotatable bonds is 10. The van der Waals surface area contributed by atoms with Crippen molar-refractivity contribution < 1.29 is 19.1 Å². The van der Waals surface area contributed by atoms with E-state index in [-0.39, 0.29) is 12.5 Å². The van der Waals surface area contributed by atoms with E-state index in [1.165, 1.54) is 0 Å². The van der Waals surface area contributed by atoms with Crippen molar-refractivity contribution in [3.8, 4) is 11.5 Å².